The molecule has 0 unspecified atom stereocenters. The fourth-order valence-corrected chi connectivity index (χ4v) is 1.93. The number of ether oxygens (including phenoxy) is 1. The van der Waals surface area contributed by atoms with Crippen LogP contribution in [0.5, 0.6) is 5.75 Å². The van der Waals surface area contributed by atoms with Gasteiger partial charge in [0.05, 0.1) is 12.8 Å². The van der Waals surface area contributed by atoms with Crippen LogP contribution in [0.2, 0.25) is 0 Å². The first-order chi connectivity index (χ1) is 9.92. The summed E-state index contributed by atoms with van der Waals surface area (Å²) in [5.74, 6) is -0.519. The van der Waals surface area contributed by atoms with Crippen molar-refractivity contribution >= 4 is 17.6 Å². The Morgan fingerprint density at radius 2 is 2.00 bits per heavy atom. The van der Waals surface area contributed by atoms with E-state index in [0.717, 1.165) is 12.1 Å². The number of nitrogens with one attached hydrogen (secondary N) is 1. The second kappa shape index (κ2) is 8.26. The highest BCUT2D eigenvalue weighted by molar-refractivity contribution is 5.92. The van der Waals surface area contributed by atoms with Crippen LogP contribution in [0.25, 0.3) is 0 Å². The van der Waals surface area contributed by atoms with Crippen molar-refractivity contribution in [2.45, 2.75) is 25.8 Å². The van der Waals surface area contributed by atoms with Crippen LogP contribution in [0.3, 0.4) is 0 Å². The van der Waals surface area contributed by atoms with Crippen molar-refractivity contribution in [3.63, 3.8) is 0 Å². The molecule has 2 N–H and O–H groups in total. The standard InChI is InChI=1S/C15H22N2O4/c1-17(2)10-11-7-8-13(21-3)12(9-11)16-14(18)5-4-6-15(19)20/h7-9H,4-6,10H2,1-3H3,(H,16,18)(H,19,20). The van der Waals surface area contributed by atoms with Crippen LogP contribution in [0.1, 0.15) is 24.8 Å². The van der Waals surface area contributed by atoms with E-state index >= 15 is 0 Å². The molecule has 0 saturated heterocycles. The second-order valence-electron chi connectivity index (χ2n) is 5.07. The van der Waals surface area contributed by atoms with Crippen molar-refractivity contribution in [1.82, 2.24) is 4.90 Å². The van der Waals surface area contributed by atoms with E-state index < -0.39 is 5.97 Å². The summed E-state index contributed by atoms with van der Waals surface area (Å²) in [7, 11) is 5.48. The predicted octanol–water partition coefficient (Wildman–Crippen LogP) is 1.95. The van der Waals surface area contributed by atoms with Crippen molar-refractivity contribution in [2.75, 3.05) is 26.5 Å². The van der Waals surface area contributed by atoms with Gasteiger partial charge in [-0.2, -0.15) is 0 Å². The van der Waals surface area contributed by atoms with Gasteiger partial charge in [-0.25, -0.2) is 0 Å². The van der Waals surface area contributed by atoms with Crippen LogP contribution in [-0.2, 0) is 16.1 Å². The number of carboxylic acids is 1. The van der Waals surface area contributed by atoms with Crippen molar-refractivity contribution in [2.24, 2.45) is 0 Å². The first-order valence-electron chi connectivity index (χ1n) is 6.75. The van der Waals surface area contributed by atoms with Crippen molar-refractivity contribution < 1.29 is 19.4 Å². The third-order valence-corrected chi connectivity index (χ3v) is 2.83. The lowest BCUT2D eigenvalue weighted by molar-refractivity contribution is -0.137. The highest BCUT2D eigenvalue weighted by Crippen LogP contribution is 2.26. The smallest absolute Gasteiger partial charge is 0.303 e. The van der Waals surface area contributed by atoms with E-state index in [1.165, 1.54) is 0 Å². The molecule has 21 heavy (non-hydrogen) atoms. The molecule has 0 spiro atoms. The molecule has 6 nitrogen and oxygen atoms in total. The largest absolute Gasteiger partial charge is 0.495 e. The first kappa shape index (κ1) is 17.0. The summed E-state index contributed by atoms with van der Waals surface area (Å²) >= 11 is 0. The lowest BCUT2D eigenvalue weighted by atomic mass is 10.1. The molecule has 0 fully saturated rings. The summed E-state index contributed by atoms with van der Waals surface area (Å²) in [4.78, 5) is 24.3. The van der Waals surface area contributed by atoms with Crippen LogP contribution in [0.4, 0.5) is 5.69 Å². The minimum atomic E-state index is -0.895. The van der Waals surface area contributed by atoms with Crippen LogP contribution >= 0.6 is 0 Å². The number of rotatable bonds is 8. The van der Waals surface area contributed by atoms with Gasteiger partial charge in [0.25, 0.3) is 0 Å². The Bertz CT molecular complexity index is 500. The third-order valence-electron chi connectivity index (χ3n) is 2.83. The van der Waals surface area contributed by atoms with Crippen LogP contribution in [-0.4, -0.2) is 43.1 Å². The summed E-state index contributed by atoms with van der Waals surface area (Å²) in [6.45, 7) is 0.756. The fourth-order valence-electron chi connectivity index (χ4n) is 1.93. The van der Waals surface area contributed by atoms with Crippen LogP contribution in [0.15, 0.2) is 18.2 Å². The number of amides is 1. The molecule has 0 atom stereocenters. The van der Waals surface area contributed by atoms with Gasteiger partial charge in [-0.3, -0.25) is 9.59 Å². The van der Waals surface area contributed by atoms with Gasteiger partial charge in [0.1, 0.15) is 5.75 Å². The van der Waals surface area contributed by atoms with E-state index in [1.807, 2.05) is 37.2 Å². The average Bonchev–Trinajstić information content (AvgIpc) is 2.37. The van der Waals surface area contributed by atoms with Gasteiger partial charge in [0.15, 0.2) is 0 Å². The molecule has 0 saturated carbocycles. The van der Waals surface area contributed by atoms with E-state index in [9.17, 15) is 9.59 Å². The van der Waals surface area contributed by atoms with Gasteiger partial charge in [-0.05, 0) is 38.2 Å². The zero-order chi connectivity index (χ0) is 15.8. The molecule has 0 aliphatic carbocycles. The predicted molar refractivity (Wildman–Crippen MR) is 80.5 cm³/mol. The summed E-state index contributed by atoms with van der Waals surface area (Å²) in [5, 5.41) is 11.3. The summed E-state index contributed by atoms with van der Waals surface area (Å²) in [6, 6.07) is 5.62. The number of anilines is 1. The van der Waals surface area contributed by atoms with Gasteiger partial charge in [0, 0.05) is 19.4 Å². The Hall–Kier alpha value is -2.08. The fraction of sp³-hybridized carbons (Fsp3) is 0.467. The van der Waals surface area contributed by atoms with Gasteiger partial charge >= 0.3 is 5.97 Å². The number of hydrogen-bond donors (Lipinski definition) is 2. The molecule has 0 heterocycles. The lowest BCUT2D eigenvalue weighted by Gasteiger charge is -2.14. The molecule has 0 aliphatic heterocycles. The number of nitrogens with zero attached hydrogens (tertiary/aromatic N) is 1. The molecule has 6 heteroatoms. The Labute approximate surface area is 124 Å². The SMILES string of the molecule is COc1ccc(CN(C)C)cc1NC(=O)CCCC(=O)O. The Morgan fingerprint density at radius 3 is 2.57 bits per heavy atom. The number of carbonyl (C=O) groups excluding carboxylic acids is 1. The minimum Gasteiger partial charge on any atom is -0.495 e. The van der Waals surface area contributed by atoms with Crippen LogP contribution < -0.4 is 10.1 Å². The molecule has 0 aromatic heterocycles. The van der Waals surface area contributed by atoms with Crippen LogP contribution in [0, 0.1) is 0 Å². The summed E-state index contributed by atoms with van der Waals surface area (Å²) < 4.78 is 5.23. The van der Waals surface area contributed by atoms with Crippen molar-refractivity contribution in [3.05, 3.63) is 23.8 Å². The highest BCUT2D eigenvalue weighted by atomic mass is 16.5. The third kappa shape index (κ3) is 6.27. The van der Waals surface area contributed by atoms with E-state index in [-0.39, 0.29) is 18.7 Å². The zero-order valence-electron chi connectivity index (χ0n) is 12.7. The number of hydrogen-bond acceptors (Lipinski definition) is 4. The Kier molecular flexibility index (Phi) is 6.68. The highest BCUT2D eigenvalue weighted by Gasteiger charge is 2.10. The van der Waals surface area contributed by atoms with E-state index in [2.05, 4.69) is 5.32 Å². The Balaban J connectivity index is 2.70. The minimum absolute atomic E-state index is 0.00871. The van der Waals surface area contributed by atoms with Crippen molar-refractivity contribution in [3.8, 4) is 5.75 Å². The maximum atomic E-state index is 11.8. The molecule has 0 bridgehead atoms. The number of carbonyl (C=O) groups is 2. The number of methoxy groups -OCH3 is 1. The Morgan fingerprint density at radius 1 is 1.29 bits per heavy atom. The first-order valence-corrected chi connectivity index (χ1v) is 6.75. The quantitative estimate of drug-likeness (QED) is 0.766. The zero-order valence-corrected chi connectivity index (χ0v) is 12.7. The summed E-state index contributed by atoms with van der Waals surface area (Å²) in [6.07, 6.45) is 0.486. The molecule has 1 rings (SSSR count). The molecular weight excluding hydrogens is 272 g/mol. The van der Waals surface area contributed by atoms with Crippen molar-refractivity contribution in [1.29, 1.82) is 0 Å². The van der Waals surface area contributed by atoms with E-state index in [0.29, 0.717) is 17.9 Å². The monoisotopic (exact) mass is 294 g/mol. The molecule has 0 aliphatic rings. The molecule has 1 amide bonds. The van der Waals surface area contributed by atoms with Gasteiger partial charge < -0.3 is 20.1 Å². The van der Waals surface area contributed by atoms with Gasteiger partial charge in [-0.15, -0.1) is 0 Å². The normalized spacial score (nSPS) is 10.5. The lowest BCUT2D eigenvalue weighted by Crippen LogP contribution is -2.14. The molecule has 1 aromatic carbocycles. The van der Waals surface area contributed by atoms with E-state index in [4.69, 9.17) is 9.84 Å². The topological polar surface area (TPSA) is 78.9 Å². The molecular formula is C15H22N2O4. The molecule has 116 valence electrons. The molecule has 0 radical (unpaired) electrons. The second-order valence-corrected chi connectivity index (χ2v) is 5.07. The maximum Gasteiger partial charge on any atom is 0.303 e. The maximum absolute atomic E-state index is 11.8. The number of carboxylic acid groups (broad SMARTS) is 1. The number of benzene rings is 1. The van der Waals surface area contributed by atoms with Gasteiger partial charge in [-0.1, -0.05) is 6.07 Å². The number of aliphatic carboxylic acids is 1. The molecule has 1 aromatic rings. The average molecular weight is 294 g/mol. The van der Waals surface area contributed by atoms with Gasteiger partial charge in [0.2, 0.25) is 5.91 Å². The summed E-state index contributed by atoms with van der Waals surface area (Å²) in [5.41, 5.74) is 1.67. The van der Waals surface area contributed by atoms with E-state index in [1.54, 1.807) is 7.11 Å².